The van der Waals surface area contributed by atoms with Crippen molar-refractivity contribution in [2.45, 2.75) is 23.8 Å². The first-order valence-corrected chi connectivity index (χ1v) is 12.8. The molecule has 10 heteroatoms. The van der Waals surface area contributed by atoms with Crippen LogP contribution in [0.5, 0.6) is 11.5 Å². The highest BCUT2D eigenvalue weighted by Gasteiger charge is 2.31. The van der Waals surface area contributed by atoms with E-state index in [4.69, 9.17) is 21.1 Å². The van der Waals surface area contributed by atoms with E-state index in [-0.39, 0.29) is 22.6 Å². The molecule has 1 N–H and O–H groups in total. The van der Waals surface area contributed by atoms with Gasteiger partial charge >= 0.3 is 0 Å². The molecule has 2 aromatic rings. The largest absolute Gasteiger partial charge is 0.495 e. The van der Waals surface area contributed by atoms with Crippen LogP contribution < -0.4 is 14.2 Å². The van der Waals surface area contributed by atoms with Crippen molar-refractivity contribution in [1.29, 1.82) is 0 Å². The number of benzene rings is 2. The summed E-state index contributed by atoms with van der Waals surface area (Å²) in [5, 5.41) is 0.670. The van der Waals surface area contributed by atoms with Crippen LogP contribution in [0, 0.1) is 0 Å². The summed E-state index contributed by atoms with van der Waals surface area (Å²) in [5.74, 6) is 0.817. The zero-order valence-electron chi connectivity index (χ0n) is 18.5. The first kappa shape index (κ1) is 23.8. The maximum absolute atomic E-state index is 13.1. The van der Waals surface area contributed by atoms with E-state index in [0.29, 0.717) is 30.3 Å². The number of halogens is 1. The second-order valence-corrected chi connectivity index (χ2v) is 10.3. The van der Waals surface area contributed by atoms with Crippen LogP contribution in [0.2, 0.25) is 5.02 Å². The fraction of sp³-hybridized carbons (Fsp3) is 0.435. The third kappa shape index (κ3) is 6.17. The minimum Gasteiger partial charge on any atom is -0.495 e. The molecular weight excluding hydrogens is 466 g/mol. The van der Waals surface area contributed by atoms with Gasteiger partial charge in [-0.2, -0.15) is 0 Å². The van der Waals surface area contributed by atoms with Gasteiger partial charge in [0.25, 0.3) is 5.91 Å². The van der Waals surface area contributed by atoms with Crippen molar-refractivity contribution in [3.8, 4) is 11.5 Å². The summed E-state index contributed by atoms with van der Waals surface area (Å²) in [6.07, 6.45) is 1.66. The number of rotatable bonds is 9. The number of carbonyl (C=O) groups excluding carboxylic acids is 1. The van der Waals surface area contributed by atoms with Crippen LogP contribution in [0.4, 0.5) is 0 Å². The third-order valence-corrected chi connectivity index (χ3v) is 7.54. The van der Waals surface area contributed by atoms with E-state index in [1.54, 1.807) is 29.2 Å². The number of methoxy groups -OCH3 is 1. The van der Waals surface area contributed by atoms with Crippen molar-refractivity contribution in [1.82, 2.24) is 14.5 Å². The second kappa shape index (κ2) is 10.3. The van der Waals surface area contributed by atoms with Gasteiger partial charge in [0.15, 0.2) is 0 Å². The maximum Gasteiger partial charge on any atom is 0.253 e. The zero-order chi connectivity index (χ0) is 23.4. The Balaban J connectivity index is 1.32. The molecule has 0 aromatic heterocycles. The molecular formula is C23H28ClN3O5S. The quantitative estimate of drug-likeness (QED) is 0.577. The minimum atomic E-state index is -3.75. The van der Waals surface area contributed by atoms with Gasteiger partial charge in [0, 0.05) is 49.4 Å². The van der Waals surface area contributed by atoms with Crippen LogP contribution >= 0.6 is 11.6 Å². The Morgan fingerprint density at radius 1 is 1.09 bits per heavy atom. The summed E-state index contributed by atoms with van der Waals surface area (Å²) < 4.78 is 39.1. The van der Waals surface area contributed by atoms with Crippen molar-refractivity contribution in [2.24, 2.45) is 0 Å². The van der Waals surface area contributed by atoms with Gasteiger partial charge in [0.1, 0.15) is 23.0 Å². The van der Waals surface area contributed by atoms with Crippen molar-refractivity contribution >= 4 is 27.5 Å². The number of carbonyl (C=O) groups is 1. The van der Waals surface area contributed by atoms with E-state index in [2.05, 4.69) is 9.62 Å². The number of sulfonamides is 1. The second-order valence-electron chi connectivity index (χ2n) is 8.20. The van der Waals surface area contributed by atoms with E-state index in [1.807, 2.05) is 12.1 Å². The molecule has 0 spiro atoms. The molecule has 8 nitrogen and oxygen atoms in total. The van der Waals surface area contributed by atoms with E-state index in [9.17, 15) is 13.2 Å². The summed E-state index contributed by atoms with van der Waals surface area (Å²) in [5.41, 5.74) is 0.339. The van der Waals surface area contributed by atoms with Gasteiger partial charge in [-0.25, -0.2) is 13.1 Å². The van der Waals surface area contributed by atoms with Gasteiger partial charge in [0.2, 0.25) is 10.0 Å². The lowest BCUT2D eigenvalue weighted by Crippen LogP contribution is -2.49. The average Bonchev–Trinajstić information content (AvgIpc) is 3.63. The molecule has 2 aliphatic rings. The van der Waals surface area contributed by atoms with Crippen molar-refractivity contribution in [3.63, 3.8) is 0 Å². The molecule has 1 aliphatic carbocycles. The predicted molar refractivity (Wildman–Crippen MR) is 126 cm³/mol. The minimum absolute atomic E-state index is 0.000680. The molecule has 0 unspecified atom stereocenters. The van der Waals surface area contributed by atoms with Crippen LogP contribution in [0.25, 0.3) is 0 Å². The lowest BCUT2D eigenvalue weighted by atomic mass is 10.1. The summed E-state index contributed by atoms with van der Waals surface area (Å²) in [6.45, 7) is 3.87. The monoisotopic (exact) mass is 493 g/mol. The highest BCUT2D eigenvalue weighted by Crippen LogP contribution is 2.29. The first-order chi connectivity index (χ1) is 15.9. The summed E-state index contributed by atoms with van der Waals surface area (Å²) in [6, 6.07) is 11.8. The summed E-state index contributed by atoms with van der Waals surface area (Å²) in [7, 11) is -2.33. The summed E-state index contributed by atoms with van der Waals surface area (Å²) in [4.78, 5) is 17.1. The summed E-state index contributed by atoms with van der Waals surface area (Å²) >= 11 is 5.88. The number of amides is 1. The number of hydrogen-bond acceptors (Lipinski definition) is 6. The highest BCUT2D eigenvalue weighted by molar-refractivity contribution is 7.89. The molecule has 178 valence electrons. The topological polar surface area (TPSA) is 88.2 Å². The molecule has 0 radical (unpaired) electrons. The molecule has 1 aliphatic heterocycles. The smallest absolute Gasteiger partial charge is 0.253 e. The zero-order valence-corrected chi connectivity index (χ0v) is 20.1. The molecule has 2 aromatic carbocycles. The lowest BCUT2D eigenvalue weighted by Gasteiger charge is -2.34. The van der Waals surface area contributed by atoms with Crippen LogP contribution in [0.3, 0.4) is 0 Å². The van der Waals surface area contributed by atoms with Gasteiger partial charge in [-0.05, 0) is 55.3 Å². The molecule has 0 bridgehead atoms. The standard InChI is InChI=1S/C23H28ClN3O5S/c1-31-21-9-2-17(16-22(21)33(29,30)25-19-5-6-19)23(28)27-12-10-26(11-13-27)14-15-32-20-7-3-18(24)4-8-20/h2-4,7-9,16,19,25H,5-6,10-15H2,1H3. The molecule has 1 saturated heterocycles. The normalized spacial score (nSPS) is 17.1. The molecule has 1 heterocycles. The number of nitrogens with zero attached hydrogens (tertiary/aromatic N) is 2. The SMILES string of the molecule is COc1ccc(C(=O)N2CCN(CCOc3ccc(Cl)cc3)CC2)cc1S(=O)(=O)NC1CC1. The van der Waals surface area contributed by atoms with E-state index in [0.717, 1.165) is 38.2 Å². The van der Waals surface area contributed by atoms with E-state index in [1.165, 1.54) is 13.2 Å². The number of hydrogen-bond donors (Lipinski definition) is 1. The molecule has 1 amide bonds. The highest BCUT2D eigenvalue weighted by atomic mass is 35.5. The van der Waals surface area contributed by atoms with Gasteiger partial charge in [-0.15, -0.1) is 0 Å². The Bertz CT molecular complexity index is 1080. The molecule has 2 fully saturated rings. The Hall–Kier alpha value is -2.33. The Morgan fingerprint density at radius 2 is 1.79 bits per heavy atom. The lowest BCUT2D eigenvalue weighted by molar-refractivity contribution is 0.0620. The molecule has 33 heavy (non-hydrogen) atoms. The maximum atomic E-state index is 13.1. The third-order valence-electron chi connectivity index (χ3n) is 5.75. The Kier molecular flexibility index (Phi) is 7.43. The van der Waals surface area contributed by atoms with Crippen molar-refractivity contribution in [3.05, 3.63) is 53.1 Å². The number of nitrogens with one attached hydrogen (secondary N) is 1. The van der Waals surface area contributed by atoms with Crippen molar-refractivity contribution < 1.29 is 22.7 Å². The fourth-order valence-electron chi connectivity index (χ4n) is 3.68. The number of piperazine rings is 1. The molecule has 4 rings (SSSR count). The number of ether oxygens (including phenoxy) is 2. The van der Waals surface area contributed by atoms with Crippen LogP contribution in [-0.4, -0.2) is 76.6 Å². The van der Waals surface area contributed by atoms with E-state index >= 15 is 0 Å². The average molecular weight is 494 g/mol. The van der Waals surface area contributed by atoms with Gasteiger partial charge in [-0.3, -0.25) is 9.69 Å². The molecule has 1 saturated carbocycles. The Morgan fingerprint density at radius 3 is 2.42 bits per heavy atom. The van der Waals surface area contributed by atoms with Crippen molar-refractivity contribution in [2.75, 3.05) is 46.4 Å². The van der Waals surface area contributed by atoms with Gasteiger partial charge in [-0.1, -0.05) is 11.6 Å². The van der Waals surface area contributed by atoms with Crippen LogP contribution in [0.15, 0.2) is 47.4 Å². The first-order valence-electron chi connectivity index (χ1n) is 11.0. The Labute approximate surface area is 199 Å². The van der Waals surface area contributed by atoms with Crippen LogP contribution in [0.1, 0.15) is 23.2 Å². The van der Waals surface area contributed by atoms with Gasteiger partial charge < -0.3 is 14.4 Å². The molecule has 0 atom stereocenters. The van der Waals surface area contributed by atoms with Crippen LogP contribution in [-0.2, 0) is 10.0 Å². The fourth-order valence-corrected chi connectivity index (χ4v) is 5.31. The predicted octanol–water partition coefficient (Wildman–Crippen LogP) is 2.63. The van der Waals surface area contributed by atoms with Gasteiger partial charge in [0.05, 0.1) is 7.11 Å². The van der Waals surface area contributed by atoms with E-state index < -0.39 is 10.0 Å².